The van der Waals surface area contributed by atoms with Crippen LogP contribution in [0.5, 0.6) is 0 Å². The molecule has 2 aromatic heterocycles. The predicted octanol–water partition coefficient (Wildman–Crippen LogP) is 3.35. The van der Waals surface area contributed by atoms with E-state index in [2.05, 4.69) is 10.1 Å². The van der Waals surface area contributed by atoms with E-state index < -0.39 is 0 Å². The number of benzene rings is 1. The average molecular weight is 383 g/mol. The number of morpholine rings is 1. The van der Waals surface area contributed by atoms with Crippen LogP contribution in [0.3, 0.4) is 0 Å². The third-order valence-electron chi connectivity index (χ3n) is 4.58. The van der Waals surface area contributed by atoms with Gasteiger partial charge >= 0.3 is 0 Å². The Kier molecular flexibility index (Phi) is 4.92. The SMILES string of the molecule is Cn1cc(C(=O)N2CCO[C@H](c3ccc(-c4cccc(Cl)c4)cn3)C2)cn1. The summed E-state index contributed by atoms with van der Waals surface area (Å²) in [5, 5.41) is 4.76. The van der Waals surface area contributed by atoms with Gasteiger partial charge in [0, 0.05) is 36.6 Å². The van der Waals surface area contributed by atoms with Crippen LogP contribution in [0.4, 0.5) is 0 Å². The molecule has 1 fully saturated rings. The Labute approximate surface area is 162 Å². The number of amides is 1. The van der Waals surface area contributed by atoms with Crippen LogP contribution in [0.2, 0.25) is 5.02 Å². The first-order valence-electron chi connectivity index (χ1n) is 8.71. The smallest absolute Gasteiger partial charge is 0.257 e. The molecule has 1 aliphatic rings. The lowest BCUT2D eigenvalue weighted by Gasteiger charge is -2.32. The highest BCUT2D eigenvalue weighted by Crippen LogP contribution is 2.26. The highest BCUT2D eigenvalue weighted by Gasteiger charge is 2.27. The summed E-state index contributed by atoms with van der Waals surface area (Å²) in [5.41, 5.74) is 3.40. The van der Waals surface area contributed by atoms with Crippen molar-refractivity contribution in [2.45, 2.75) is 6.10 Å². The van der Waals surface area contributed by atoms with E-state index in [1.54, 1.807) is 29.0 Å². The summed E-state index contributed by atoms with van der Waals surface area (Å²) in [7, 11) is 1.80. The number of carbonyl (C=O) groups is 1. The number of halogens is 1. The van der Waals surface area contributed by atoms with Gasteiger partial charge in [-0.25, -0.2) is 0 Å². The number of pyridine rings is 1. The molecule has 3 heterocycles. The number of aryl methyl sites for hydroxylation is 1. The lowest BCUT2D eigenvalue weighted by Crippen LogP contribution is -2.42. The van der Waals surface area contributed by atoms with Crippen LogP contribution in [0.15, 0.2) is 55.0 Å². The Hall–Kier alpha value is -2.70. The van der Waals surface area contributed by atoms with Crippen molar-refractivity contribution in [3.05, 3.63) is 71.3 Å². The topological polar surface area (TPSA) is 60.2 Å². The summed E-state index contributed by atoms with van der Waals surface area (Å²) in [6, 6.07) is 11.6. The maximum Gasteiger partial charge on any atom is 0.257 e. The second-order valence-corrected chi connectivity index (χ2v) is 6.93. The minimum absolute atomic E-state index is 0.0352. The molecule has 0 spiro atoms. The molecule has 3 aromatic rings. The highest BCUT2D eigenvalue weighted by molar-refractivity contribution is 6.30. The normalized spacial score (nSPS) is 17.1. The van der Waals surface area contributed by atoms with Crippen molar-refractivity contribution in [1.82, 2.24) is 19.7 Å². The standard InChI is InChI=1S/C20H19ClN4O2/c1-24-12-16(11-23-24)20(26)25-7-8-27-19(13-25)18-6-5-15(10-22-18)14-3-2-4-17(21)9-14/h2-6,9-12,19H,7-8,13H2,1H3/t19-/m0/s1. The van der Waals surface area contributed by atoms with Gasteiger partial charge in [0.2, 0.25) is 0 Å². The van der Waals surface area contributed by atoms with Crippen LogP contribution < -0.4 is 0 Å². The Bertz CT molecular complexity index is 955. The first-order chi connectivity index (χ1) is 13.1. The minimum atomic E-state index is -0.243. The Balaban J connectivity index is 1.49. The molecule has 4 rings (SSSR count). The number of carbonyl (C=O) groups excluding carboxylic acids is 1. The summed E-state index contributed by atoms with van der Waals surface area (Å²) in [6.07, 6.45) is 4.88. The average Bonchev–Trinajstić information content (AvgIpc) is 3.14. The van der Waals surface area contributed by atoms with Gasteiger partial charge in [-0.3, -0.25) is 14.5 Å². The first kappa shape index (κ1) is 17.7. The molecule has 0 N–H and O–H groups in total. The molecule has 27 heavy (non-hydrogen) atoms. The molecule has 7 heteroatoms. The summed E-state index contributed by atoms with van der Waals surface area (Å²) in [5.74, 6) is -0.0352. The van der Waals surface area contributed by atoms with Crippen molar-refractivity contribution in [3.8, 4) is 11.1 Å². The molecule has 0 unspecified atom stereocenters. The van der Waals surface area contributed by atoms with E-state index in [4.69, 9.17) is 16.3 Å². The van der Waals surface area contributed by atoms with Gasteiger partial charge in [-0.2, -0.15) is 5.10 Å². The fraction of sp³-hybridized carbons (Fsp3) is 0.250. The number of hydrogen-bond donors (Lipinski definition) is 0. The van der Waals surface area contributed by atoms with Crippen LogP contribution >= 0.6 is 11.6 Å². The molecule has 1 atom stereocenters. The van der Waals surface area contributed by atoms with Gasteiger partial charge in [-0.1, -0.05) is 29.8 Å². The largest absolute Gasteiger partial charge is 0.368 e. The first-order valence-corrected chi connectivity index (χ1v) is 9.09. The van der Waals surface area contributed by atoms with Crippen LogP contribution in [0.1, 0.15) is 22.2 Å². The fourth-order valence-electron chi connectivity index (χ4n) is 3.16. The molecule has 0 aliphatic carbocycles. The van der Waals surface area contributed by atoms with Gasteiger partial charge in [-0.05, 0) is 23.8 Å². The molecule has 6 nitrogen and oxygen atoms in total. The van der Waals surface area contributed by atoms with E-state index in [9.17, 15) is 4.79 Å². The quantitative estimate of drug-likeness (QED) is 0.697. The summed E-state index contributed by atoms with van der Waals surface area (Å²) < 4.78 is 7.48. The van der Waals surface area contributed by atoms with Gasteiger partial charge in [0.1, 0.15) is 6.10 Å². The number of ether oxygens (including phenoxy) is 1. The zero-order valence-electron chi connectivity index (χ0n) is 14.9. The van der Waals surface area contributed by atoms with Crippen LogP contribution in [-0.4, -0.2) is 45.3 Å². The molecule has 1 saturated heterocycles. The molecule has 0 saturated carbocycles. The van der Waals surface area contributed by atoms with E-state index in [-0.39, 0.29) is 12.0 Å². The zero-order valence-corrected chi connectivity index (χ0v) is 15.6. The van der Waals surface area contributed by atoms with E-state index >= 15 is 0 Å². The van der Waals surface area contributed by atoms with Crippen LogP contribution in [-0.2, 0) is 11.8 Å². The monoisotopic (exact) mass is 382 g/mol. The second kappa shape index (κ2) is 7.50. The molecule has 138 valence electrons. The van der Waals surface area contributed by atoms with Crippen molar-refractivity contribution < 1.29 is 9.53 Å². The van der Waals surface area contributed by atoms with E-state index in [1.165, 1.54) is 0 Å². The van der Waals surface area contributed by atoms with Gasteiger partial charge < -0.3 is 9.64 Å². The molecular formula is C20H19ClN4O2. The van der Waals surface area contributed by atoms with Crippen molar-refractivity contribution >= 4 is 17.5 Å². The van der Waals surface area contributed by atoms with Crippen LogP contribution in [0.25, 0.3) is 11.1 Å². The van der Waals surface area contributed by atoms with Gasteiger partial charge in [0.05, 0.1) is 30.6 Å². The third-order valence-corrected chi connectivity index (χ3v) is 4.81. The van der Waals surface area contributed by atoms with Crippen molar-refractivity contribution in [1.29, 1.82) is 0 Å². The molecule has 0 bridgehead atoms. The molecule has 0 radical (unpaired) electrons. The van der Waals surface area contributed by atoms with Crippen molar-refractivity contribution in [2.75, 3.05) is 19.7 Å². The lowest BCUT2D eigenvalue weighted by molar-refractivity contribution is -0.0247. The third kappa shape index (κ3) is 3.86. The fourth-order valence-corrected chi connectivity index (χ4v) is 3.35. The second-order valence-electron chi connectivity index (χ2n) is 6.50. The Morgan fingerprint density at radius 1 is 1.22 bits per heavy atom. The Morgan fingerprint density at radius 2 is 2.11 bits per heavy atom. The number of aromatic nitrogens is 3. The number of nitrogens with zero attached hydrogens (tertiary/aromatic N) is 4. The number of rotatable bonds is 3. The van der Waals surface area contributed by atoms with Gasteiger partial charge in [0.25, 0.3) is 5.91 Å². The van der Waals surface area contributed by atoms with Crippen molar-refractivity contribution in [2.24, 2.45) is 7.05 Å². The van der Waals surface area contributed by atoms with Crippen molar-refractivity contribution in [3.63, 3.8) is 0 Å². The summed E-state index contributed by atoms with van der Waals surface area (Å²) in [4.78, 5) is 19.0. The van der Waals surface area contributed by atoms with E-state index in [0.29, 0.717) is 30.3 Å². The highest BCUT2D eigenvalue weighted by atomic mass is 35.5. The van der Waals surface area contributed by atoms with Gasteiger partial charge in [0.15, 0.2) is 0 Å². The van der Waals surface area contributed by atoms with Gasteiger partial charge in [-0.15, -0.1) is 0 Å². The minimum Gasteiger partial charge on any atom is -0.368 e. The molecule has 1 aliphatic heterocycles. The van der Waals surface area contributed by atoms with Crippen LogP contribution in [0, 0.1) is 0 Å². The zero-order chi connectivity index (χ0) is 18.8. The maximum absolute atomic E-state index is 12.6. The maximum atomic E-state index is 12.6. The number of hydrogen-bond acceptors (Lipinski definition) is 4. The summed E-state index contributed by atoms with van der Waals surface area (Å²) in [6.45, 7) is 1.51. The molecular weight excluding hydrogens is 364 g/mol. The molecule has 1 amide bonds. The Morgan fingerprint density at radius 3 is 2.81 bits per heavy atom. The van der Waals surface area contributed by atoms with E-state index in [0.717, 1.165) is 16.8 Å². The predicted molar refractivity (Wildman–Crippen MR) is 102 cm³/mol. The lowest BCUT2D eigenvalue weighted by atomic mass is 10.1. The summed E-state index contributed by atoms with van der Waals surface area (Å²) >= 11 is 6.06. The van der Waals surface area contributed by atoms with E-state index in [1.807, 2.05) is 42.6 Å². The molecule has 1 aromatic carbocycles.